The number of hydrogen-bond acceptors (Lipinski definition) is 3. The molecule has 0 aliphatic heterocycles. The van der Waals surface area contributed by atoms with Crippen molar-refractivity contribution in [2.75, 3.05) is 5.32 Å². The number of primary amides is 1. The van der Waals surface area contributed by atoms with Gasteiger partial charge in [0.05, 0.1) is 29.0 Å². The molecule has 140 valence electrons. The Labute approximate surface area is 161 Å². The van der Waals surface area contributed by atoms with E-state index >= 15 is 0 Å². The van der Waals surface area contributed by atoms with Gasteiger partial charge in [0.1, 0.15) is 5.67 Å². The van der Waals surface area contributed by atoms with Crippen molar-refractivity contribution >= 4 is 28.7 Å². The highest BCUT2D eigenvalue weighted by molar-refractivity contribution is 6.33. The molecule has 1 aliphatic carbocycles. The summed E-state index contributed by atoms with van der Waals surface area (Å²) in [5.74, 6) is -0.605. The van der Waals surface area contributed by atoms with E-state index in [4.69, 9.17) is 17.3 Å². The third-order valence-corrected chi connectivity index (χ3v) is 5.62. The zero-order chi connectivity index (χ0) is 19.2. The van der Waals surface area contributed by atoms with Gasteiger partial charge in [0.25, 0.3) is 5.91 Å². The van der Waals surface area contributed by atoms with Crippen LogP contribution in [0.5, 0.6) is 0 Å². The van der Waals surface area contributed by atoms with Crippen molar-refractivity contribution < 1.29 is 9.18 Å². The minimum absolute atomic E-state index is 0.244. The molecule has 0 saturated heterocycles. The highest BCUT2D eigenvalue weighted by Crippen LogP contribution is 2.38. The first-order chi connectivity index (χ1) is 12.9. The maximum Gasteiger partial charge on any atom is 0.252 e. The molecule has 0 bridgehead atoms. The highest BCUT2D eigenvalue weighted by atomic mass is 35.5. The third kappa shape index (κ3) is 3.14. The molecule has 2 heterocycles. The largest absolute Gasteiger partial charge is 0.377 e. The van der Waals surface area contributed by atoms with Crippen molar-refractivity contribution in [3.8, 4) is 11.1 Å². The Balaban J connectivity index is 1.86. The van der Waals surface area contributed by atoms with E-state index < -0.39 is 11.6 Å². The smallest absolute Gasteiger partial charge is 0.252 e. The molecule has 27 heavy (non-hydrogen) atoms. The number of anilines is 1. The van der Waals surface area contributed by atoms with E-state index in [-0.39, 0.29) is 11.6 Å². The standard InChI is InChI=1S/C20H20ClFN4O/c1-20(22)8-4-7-17(20)25-18-14(19(23)27)10-24-26-11-12(9-16(18)26)13-5-2-3-6-15(13)21/h2-3,5-6,9-11,17,25H,4,7-8H2,1H3,(H2,23,27). The van der Waals surface area contributed by atoms with Gasteiger partial charge in [-0.25, -0.2) is 8.91 Å². The summed E-state index contributed by atoms with van der Waals surface area (Å²) in [4.78, 5) is 11.9. The molecule has 4 rings (SSSR count). The third-order valence-electron chi connectivity index (χ3n) is 5.29. The van der Waals surface area contributed by atoms with Gasteiger partial charge in [-0.2, -0.15) is 5.10 Å². The fraction of sp³-hybridized carbons (Fsp3) is 0.300. The number of carbonyl (C=O) groups excluding carboxylic acids is 1. The Hall–Kier alpha value is -2.60. The molecule has 1 aromatic carbocycles. The van der Waals surface area contributed by atoms with Crippen LogP contribution in [0.2, 0.25) is 5.02 Å². The average Bonchev–Trinajstić information content (AvgIpc) is 3.18. The number of aromatic nitrogens is 2. The van der Waals surface area contributed by atoms with Gasteiger partial charge < -0.3 is 11.1 Å². The maximum atomic E-state index is 14.8. The Kier molecular flexibility index (Phi) is 4.30. The number of fused-ring (bicyclic) bond motifs is 1. The van der Waals surface area contributed by atoms with Crippen LogP contribution >= 0.6 is 11.6 Å². The van der Waals surface area contributed by atoms with Gasteiger partial charge in [-0.1, -0.05) is 29.8 Å². The van der Waals surface area contributed by atoms with E-state index in [1.54, 1.807) is 11.4 Å². The number of alkyl halides is 1. The molecule has 1 aliphatic rings. The Morgan fingerprint density at radius 2 is 2.22 bits per heavy atom. The molecule has 2 unspecified atom stereocenters. The van der Waals surface area contributed by atoms with Gasteiger partial charge in [-0.3, -0.25) is 4.79 Å². The first kappa shape index (κ1) is 17.8. The van der Waals surface area contributed by atoms with Crippen LogP contribution in [-0.2, 0) is 0 Å². The van der Waals surface area contributed by atoms with Crippen LogP contribution in [0.25, 0.3) is 16.6 Å². The van der Waals surface area contributed by atoms with Crippen molar-refractivity contribution in [2.24, 2.45) is 5.73 Å². The number of nitrogens with one attached hydrogen (secondary N) is 1. The molecule has 3 aromatic rings. The quantitative estimate of drug-likeness (QED) is 0.695. The average molecular weight is 387 g/mol. The summed E-state index contributed by atoms with van der Waals surface area (Å²) < 4.78 is 16.4. The highest BCUT2D eigenvalue weighted by Gasteiger charge is 2.39. The predicted molar refractivity (Wildman–Crippen MR) is 105 cm³/mol. The van der Waals surface area contributed by atoms with Crippen LogP contribution in [0.15, 0.2) is 42.7 Å². The summed E-state index contributed by atoms with van der Waals surface area (Å²) in [6.07, 6.45) is 5.22. The van der Waals surface area contributed by atoms with Crippen molar-refractivity contribution in [1.82, 2.24) is 9.61 Å². The summed E-state index contributed by atoms with van der Waals surface area (Å²) in [5.41, 5.74) is 7.32. The van der Waals surface area contributed by atoms with Crippen molar-refractivity contribution in [2.45, 2.75) is 37.9 Å². The van der Waals surface area contributed by atoms with E-state index in [1.807, 2.05) is 36.5 Å². The van der Waals surface area contributed by atoms with Gasteiger partial charge in [0.2, 0.25) is 0 Å². The van der Waals surface area contributed by atoms with E-state index in [0.717, 1.165) is 17.5 Å². The van der Waals surface area contributed by atoms with E-state index in [2.05, 4.69) is 10.4 Å². The molecule has 1 saturated carbocycles. The van der Waals surface area contributed by atoms with Crippen LogP contribution in [0, 0.1) is 0 Å². The molecule has 5 nitrogen and oxygen atoms in total. The van der Waals surface area contributed by atoms with Crippen LogP contribution in [0.3, 0.4) is 0 Å². The lowest BCUT2D eigenvalue weighted by molar-refractivity contribution is 0.1000. The molecule has 0 radical (unpaired) electrons. The minimum Gasteiger partial charge on any atom is -0.377 e. The van der Waals surface area contributed by atoms with Crippen molar-refractivity contribution in [1.29, 1.82) is 0 Å². The number of amides is 1. The summed E-state index contributed by atoms with van der Waals surface area (Å²) in [6.45, 7) is 1.59. The molecule has 2 aromatic heterocycles. The molecule has 0 spiro atoms. The number of rotatable bonds is 4. The second kappa shape index (κ2) is 6.53. The zero-order valence-electron chi connectivity index (χ0n) is 14.9. The second-order valence-electron chi connectivity index (χ2n) is 7.20. The Morgan fingerprint density at radius 3 is 2.89 bits per heavy atom. The normalized spacial score (nSPS) is 22.3. The van der Waals surface area contributed by atoms with Gasteiger partial charge in [0, 0.05) is 22.3 Å². The lowest BCUT2D eigenvalue weighted by Gasteiger charge is -2.26. The van der Waals surface area contributed by atoms with Crippen molar-refractivity contribution in [3.05, 3.63) is 53.3 Å². The molecular formula is C20H20ClFN4O. The van der Waals surface area contributed by atoms with E-state index in [0.29, 0.717) is 29.1 Å². The predicted octanol–water partition coefficient (Wildman–Crippen LogP) is 4.45. The van der Waals surface area contributed by atoms with Crippen LogP contribution in [0.1, 0.15) is 36.5 Å². The summed E-state index contributed by atoms with van der Waals surface area (Å²) in [5, 5.41) is 8.14. The minimum atomic E-state index is -1.34. The first-order valence-electron chi connectivity index (χ1n) is 8.88. The van der Waals surface area contributed by atoms with Crippen LogP contribution in [0.4, 0.5) is 10.1 Å². The summed E-state index contributed by atoms with van der Waals surface area (Å²) in [7, 11) is 0. The fourth-order valence-corrected chi connectivity index (χ4v) is 4.01. The van der Waals surface area contributed by atoms with Gasteiger partial charge >= 0.3 is 0 Å². The SMILES string of the molecule is CC1(F)CCCC1Nc1c(C(N)=O)cnn2cc(-c3ccccc3Cl)cc12. The second-order valence-corrected chi connectivity index (χ2v) is 7.61. The van der Waals surface area contributed by atoms with Crippen LogP contribution in [-0.4, -0.2) is 27.2 Å². The van der Waals surface area contributed by atoms with Gasteiger partial charge in [0.15, 0.2) is 0 Å². The number of hydrogen-bond donors (Lipinski definition) is 2. The number of nitrogens with zero attached hydrogens (tertiary/aromatic N) is 2. The molecule has 1 amide bonds. The Bertz CT molecular complexity index is 1030. The number of halogens is 2. The molecule has 2 atom stereocenters. The van der Waals surface area contributed by atoms with Gasteiger partial charge in [-0.15, -0.1) is 0 Å². The lowest BCUT2D eigenvalue weighted by Crippen LogP contribution is -2.36. The molecule has 1 fully saturated rings. The number of carbonyl (C=O) groups is 1. The number of nitrogens with two attached hydrogens (primary N) is 1. The van der Waals surface area contributed by atoms with Crippen molar-refractivity contribution in [3.63, 3.8) is 0 Å². The van der Waals surface area contributed by atoms with Gasteiger partial charge in [-0.05, 0) is 38.3 Å². The maximum absolute atomic E-state index is 14.8. The molecule has 3 N–H and O–H groups in total. The molecule has 7 heteroatoms. The van der Waals surface area contributed by atoms with Crippen LogP contribution < -0.4 is 11.1 Å². The monoisotopic (exact) mass is 386 g/mol. The molecular weight excluding hydrogens is 367 g/mol. The van der Waals surface area contributed by atoms with E-state index in [1.165, 1.54) is 6.20 Å². The summed E-state index contributed by atoms with van der Waals surface area (Å²) >= 11 is 6.31. The van der Waals surface area contributed by atoms with E-state index in [9.17, 15) is 9.18 Å². The fourth-order valence-electron chi connectivity index (χ4n) is 3.76. The lowest BCUT2D eigenvalue weighted by atomic mass is 10.0. The Morgan fingerprint density at radius 1 is 1.44 bits per heavy atom. The first-order valence-corrected chi connectivity index (χ1v) is 9.26. The topological polar surface area (TPSA) is 72.4 Å². The summed E-state index contributed by atoms with van der Waals surface area (Å²) in [6, 6.07) is 8.98. The zero-order valence-corrected chi connectivity index (χ0v) is 15.6. The number of benzene rings is 1.